The zero-order chi connectivity index (χ0) is 17.8. The maximum atomic E-state index is 13.1. The minimum atomic E-state index is -0.129. The summed E-state index contributed by atoms with van der Waals surface area (Å²) < 4.78 is 3.08. The Balaban J connectivity index is 1.61. The summed E-state index contributed by atoms with van der Waals surface area (Å²) in [6.07, 6.45) is 6.37. The van der Waals surface area contributed by atoms with Crippen LogP contribution in [0.5, 0.6) is 0 Å². The van der Waals surface area contributed by atoms with E-state index in [1.54, 1.807) is 28.4 Å². The average molecular weight is 384 g/mol. The van der Waals surface area contributed by atoms with Gasteiger partial charge in [0.25, 0.3) is 11.1 Å². The Morgan fingerprint density at radius 2 is 2.23 bits per heavy atom. The fraction of sp³-hybridized carbons (Fsp3) is 0.333. The molecule has 132 valence electrons. The Bertz CT molecular complexity index is 1260. The Kier molecular flexibility index (Phi) is 3.58. The number of aryl methyl sites for hydroxylation is 1. The minimum absolute atomic E-state index is 0.0322. The van der Waals surface area contributed by atoms with Gasteiger partial charge in [0.2, 0.25) is 0 Å². The van der Waals surface area contributed by atoms with Crippen molar-refractivity contribution in [2.75, 3.05) is 0 Å². The highest BCUT2D eigenvalue weighted by atomic mass is 32.1. The van der Waals surface area contributed by atoms with Crippen LogP contribution < -0.4 is 11.1 Å². The monoisotopic (exact) mass is 384 g/mol. The lowest BCUT2D eigenvalue weighted by Gasteiger charge is -2.17. The molecule has 0 N–H and O–H groups in total. The van der Waals surface area contributed by atoms with Crippen molar-refractivity contribution in [3.8, 4) is 0 Å². The standard InChI is InChI=1S/C18H16N4O2S2/c1-10-2-3-12-13(6-10)26-16-15(12)17(24)21(9-19-16)8-11-7-14(23)22-4-5-25-18(22)20-11/h4-5,7,9-10H,2-3,6,8H2,1H3/t10-/m0/s1. The number of fused-ring (bicyclic) bond motifs is 4. The number of rotatable bonds is 2. The predicted molar refractivity (Wildman–Crippen MR) is 104 cm³/mol. The van der Waals surface area contributed by atoms with Crippen molar-refractivity contribution in [3.05, 3.63) is 60.8 Å². The number of nitrogens with zero attached hydrogens (tertiary/aromatic N) is 4. The molecule has 4 aromatic heterocycles. The lowest BCUT2D eigenvalue weighted by molar-refractivity contribution is 0.509. The summed E-state index contributed by atoms with van der Waals surface area (Å²) in [5.41, 5.74) is 1.60. The van der Waals surface area contributed by atoms with E-state index in [0.717, 1.165) is 29.5 Å². The molecule has 0 unspecified atom stereocenters. The zero-order valence-electron chi connectivity index (χ0n) is 14.1. The van der Waals surface area contributed by atoms with E-state index in [-0.39, 0.29) is 17.7 Å². The third kappa shape index (κ3) is 2.44. The van der Waals surface area contributed by atoms with Crippen LogP contribution in [0.25, 0.3) is 15.2 Å². The van der Waals surface area contributed by atoms with Crippen LogP contribution >= 0.6 is 22.7 Å². The molecule has 1 aliphatic rings. The maximum Gasteiger partial charge on any atom is 0.262 e. The number of thiazole rings is 1. The summed E-state index contributed by atoms with van der Waals surface area (Å²) in [6, 6.07) is 1.49. The minimum Gasteiger partial charge on any atom is -0.293 e. The highest BCUT2D eigenvalue weighted by Crippen LogP contribution is 2.35. The van der Waals surface area contributed by atoms with Crippen molar-refractivity contribution >= 4 is 37.9 Å². The second-order valence-electron chi connectivity index (χ2n) is 6.85. The van der Waals surface area contributed by atoms with Crippen molar-refractivity contribution in [2.24, 2.45) is 5.92 Å². The quantitative estimate of drug-likeness (QED) is 0.533. The van der Waals surface area contributed by atoms with Gasteiger partial charge in [0, 0.05) is 22.5 Å². The van der Waals surface area contributed by atoms with Gasteiger partial charge < -0.3 is 0 Å². The van der Waals surface area contributed by atoms with Crippen LogP contribution in [0, 0.1) is 5.92 Å². The van der Waals surface area contributed by atoms with Crippen molar-refractivity contribution in [1.82, 2.24) is 18.9 Å². The number of hydrogen-bond donors (Lipinski definition) is 0. The predicted octanol–water partition coefficient (Wildman–Crippen LogP) is 2.70. The molecule has 0 aliphatic heterocycles. The second-order valence-corrected chi connectivity index (χ2v) is 8.81. The fourth-order valence-corrected chi connectivity index (χ4v) is 5.70. The number of thiophene rings is 1. The van der Waals surface area contributed by atoms with E-state index in [1.807, 2.05) is 5.38 Å². The van der Waals surface area contributed by atoms with Crippen molar-refractivity contribution in [1.29, 1.82) is 0 Å². The molecular formula is C18H16N4O2S2. The van der Waals surface area contributed by atoms with E-state index >= 15 is 0 Å². The molecule has 5 rings (SSSR count). The van der Waals surface area contributed by atoms with Crippen molar-refractivity contribution < 1.29 is 0 Å². The van der Waals surface area contributed by atoms with Gasteiger partial charge in [-0.15, -0.1) is 22.7 Å². The highest BCUT2D eigenvalue weighted by Gasteiger charge is 2.23. The normalized spacial score (nSPS) is 17.0. The Hall–Kier alpha value is -2.32. The first-order valence-corrected chi connectivity index (χ1v) is 10.3. The van der Waals surface area contributed by atoms with Gasteiger partial charge in [-0.3, -0.25) is 18.6 Å². The molecule has 0 amide bonds. The van der Waals surface area contributed by atoms with E-state index < -0.39 is 0 Å². The van der Waals surface area contributed by atoms with Crippen molar-refractivity contribution in [3.63, 3.8) is 0 Å². The molecule has 0 spiro atoms. The van der Waals surface area contributed by atoms with Crippen molar-refractivity contribution in [2.45, 2.75) is 32.7 Å². The van der Waals surface area contributed by atoms with E-state index in [2.05, 4.69) is 16.9 Å². The van der Waals surface area contributed by atoms with Gasteiger partial charge in [-0.1, -0.05) is 6.92 Å². The molecule has 0 fully saturated rings. The molecule has 0 aromatic carbocycles. The van der Waals surface area contributed by atoms with Crippen LogP contribution in [-0.2, 0) is 19.4 Å². The number of aromatic nitrogens is 4. The Labute approximate surface area is 156 Å². The average Bonchev–Trinajstić information content (AvgIpc) is 3.21. The summed E-state index contributed by atoms with van der Waals surface area (Å²) in [7, 11) is 0. The topological polar surface area (TPSA) is 69.3 Å². The van der Waals surface area contributed by atoms with Crippen LogP contribution in [0.1, 0.15) is 29.5 Å². The molecule has 1 aliphatic carbocycles. The fourth-order valence-electron chi connectivity index (χ4n) is 3.62. The first-order chi connectivity index (χ1) is 12.6. The summed E-state index contributed by atoms with van der Waals surface area (Å²) in [5.74, 6) is 0.660. The van der Waals surface area contributed by atoms with E-state index in [1.165, 1.54) is 32.2 Å². The first kappa shape index (κ1) is 15.9. The molecule has 0 saturated heterocycles. The summed E-state index contributed by atoms with van der Waals surface area (Å²) in [5, 5.41) is 2.58. The molecule has 6 nitrogen and oxygen atoms in total. The third-order valence-corrected chi connectivity index (χ3v) is 6.89. The van der Waals surface area contributed by atoms with E-state index in [9.17, 15) is 9.59 Å². The van der Waals surface area contributed by atoms with Crippen LogP contribution in [0.15, 0.2) is 33.6 Å². The third-order valence-electron chi connectivity index (χ3n) is 4.97. The van der Waals surface area contributed by atoms with E-state index in [4.69, 9.17) is 0 Å². The van der Waals surface area contributed by atoms with Gasteiger partial charge in [-0.2, -0.15) is 0 Å². The van der Waals surface area contributed by atoms with Crippen LogP contribution in [0.3, 0.4) is 0 Å². The molecule has 4 heterocycles. The first-order valence-electron chi connectivity index (χ1n) is 8.55. The van der Waals surface area contributed by atoms with E-state index in [0.29, 0.717) is 16.6 Å². The number of hydrogen-bond acceptors (Lipinski definition) is 6. The molecule has 26 heavy (non-hydrogen) atoms. The molecule has 1 atom stereocenters. The van der Waals surface area contributed by atoms with Gasteiger partial charge in [0.15, 0.2) is 4.96 Å². The summed E-state index contributed by atoms with van der Waals surface area (Å²) in [6.45, 7) is 2.51. The summed E-state index contributed by atoms with van der Waals surface area (Å²) >= 11 is 3.05. The van der Waals surface area contributed by atoms with Gasteiger partial charge in [0.1, 0.15) is 4.83 Å². The van der Waals surface area contributed by atoms with Crippen LogP contribution in [0.2, 0.25) is 0 Å². The Morgan fingerprint density at radius 3 is 3.12 bits per heavy atom. The van der Waals surface area contributed by atoms with Gasteiger partial charge in [-0.05, 0) is 30.7 Å². The van der Waals surface area contributed by atoms with Crippen LogP contribution in [-0.4, -0.2) is 18.9 Å². The molecule has 0 bridgehead atoms. The molecule has 4 aromatic rings. The molecular weight excluding hydrogens is 368 g/mol. The van der Waals surface area contributed by atoms with Gasteiger partial charge >= 0.3 is 0 Å². The maximum absolute atomic E-state index is 13.1. The Morgan fingerprint density at radius 1 is 1.35 bits per heavy atom. The van der Waals surface area contributed by atoms with Gasteiger partial charge in [0.05, 0.1) is 24.0 Å². The SMILES string of the molecule is C[C@H]1CCc2c(sc3ncn(Cc4cc(=O)n5ccsc5n4)c(=O)c23)C1. The van der Waals surface area contributed by atoms with Crippen LogP contribution in [0.4, 0.5) is 0 Å². The second kappa shape index (κ2) is 5.85. The largest absolute Gasteiger partial charge is 0.293 e. The lowest BCUT2D eigenvalue weighted by atomic mass is 9.89. The molecule has 0 radical (unpaired) electrons. The summed E-state index contributed by atoms with van der Waals surface area (Å²) in [4.78, 5) is 37.0. The van der Waals surface area contributed by atoms with Gasteiger partial charge in [-0.25, -0.2) is 9.97 Å². The molecule has 8 heteroatoms. The zero-order valence-corrected chi connectivity index (χ0v) is 15.8. The lowest BCUT2D eigenvalue weighted by Crippen LogP contribution is -2.24. The highest BCUT2D eigenvalue weighted by molar-refractivity contribution is 7.18. The smallest absolute Gasteiger partial charge is 0.262 e. The molecule has 0 saturated carbocycles.